The first-order valence-corrected chi connectivity index (χ1v) is 8.34. The fourth-order valence-corrected chi connectivity index (χ4v) is 2.73. The Morgan fingerprint density at radius 2 is 1.62 bits per heavy atom. The number of hydrogen-bond acceptors (Lipinski definition) is 2. The molecule has 1 N–H and O–H groups in total. The summed E-state index contributed by atoms with van der Waals surface area (Å²) >= 11 is 12.1. The van der Waals surface area contributed by atoms with Crippen molar-refractivity contribution in [1.82, 2.24) is 10.2 Å². The Kier molecular flexibility index (Phi) is 6.85. The summed E-state index contributed by atoms with van der Waals surface area (Å²) in [5, 5.41) is 3.88. The van der Waals surface area contributed by atoms with Gasteiger partial charge in [0.2, 0.25) is 5.91 Å². The van der Waals surface area contributed by atoms with Crippen LogP contribution in [0.2, 0.25) is 10.0 Å². The third kappa shape index (κ3) is 5.68. The van der Waals surface area contributed by atoms with Gasteiger partial charge in [0.15, 0.2) is 0 Å². The number of amides is 1. The molecule has 0 saturated carbocycles. The van der Waals surface area contributed by atoms with Gasteiger partial charge in [0.1, 0.15) is 0 Å². The number of rotatable bonds is 6. The highest BCUT2D eigenvalue weighted by Crippen LogP contribution is 2.25. The van der Waals surface area contributed by atoms with E-state index in [0.29, 0.717) is 22.2 Å². The predicted octanol–water partition coefficient (Wildman–Crippen LogP) is 4.38. The summed E-state index contributed by atoms with van der Waals surface area (Å²) in [6, 6.07) is 13.4. The highest BCUT2D eigenvalue weighted by atomic mass is 35.5. The normalized spacial score (nSPS) is 11.2. The van der Waals surface area contributed by atoms with Gasteiger partial charge in [-0.1, -0.05) is 53.5 Å². The zero-order valence-corrected chi connectivity index (χ0v) is 15.2. The van der Waals surface area contributed by atoms with Crippen LogP contribution in [0.4, 0.5) is 0 Å². The van der Waals surface area contributed by atoms with Crippen molar-refractivity contribution in [2.24, 2.45) is 0 Å². The van der Waals surface area contributed by atoms with Gasteiger partial charge in [0.25, 0.3) is 0 Å². The minimum Gasteiger partial charge on any atom is -0.348 e. The van der Waals surface area contributed by atoms with Crippen LogP contribution >= 0.6 is 23.2 Å². The van der Waals surface area contributed by atoms with E-state index in [4.69, 9.17) is 23.2 Å². The maximum atomic E-state index is 11.9. The number of nitrogens with one attached hydrogen (secondary N) is 1. The first kappa shape index (κ1) is 18.5. The lowest BCUT2D eigenvalue weighted by Gasteiger charge is -2.10. The third-order valence-corrected chi connectivity index (χ3v) is 4.05. The number of benzene rings is 2. The maximum Gasteiger partial charge on any atom is 0.244 e. The molecule has 2 aromatic rings. The average molecular weight is 363 g/mol. The monoisotopic (exact) mass is 362 g/mol. The molecule has 0 fully saturated rings. The summed E-state index contributed by atoms with van der Waals surface area (Å²) in [5.41, 5.74) is 2.93. The van der Waals surface area contributed by atoms with Crippen molar-refractivity contribution >= 4 is 35.2 Å². The molecular weight excluding hydrogens is 343 g/mol. The molecule has 0 aromatic heterocycles. The van der Waals surface area contributed by atoms with Gasteiger partial charge in [-0.05, 0) is 43.4 Å². The number of nitrogens with zero attached hydrogens (tertiary/aromatic N) is 1. The van der Waals surface area contributed by atoms with Crippen molar-refractivity contribution in [3.63, 3.8) is 0 Å². The van der Waals surface area contributed by atoms with Crippen molar-refractivity contribution in [2.75, 3.05) is 14.1 Å². The largest absolute Gasteiger partial charge is 0.348 e. The molecule has 0 heterocycles. The first-order valence-electron chi connectivity index (χ1n) is 7.58. The maximum absolute atomic E-state index is 11.9. The Bertz CT molecular complexity index is 704. The zero-order valence-electron chi connectivity index (χ0n) is 13.7. The second-order valence-corrected chi connectivity index (χ2v) is 6.56. The van der Waals surface area contributed by atoms with Crippen LogP contribution in [-0.4, -0.2) is 24.9 Å². The molecule has 24 heavy (non-hydrogen) atoms. The minimum absolute atomic E-state index is 0.191. The Labute approximate surface area is 152 Å². The van der Waals surface area contributed by atoms with Crippen molar-refractivity contribution < 1.29 is 4.79 Å². The quantitative estimate of drug-likeness (QED) is 0.773. The Morgan fingerprint density at radius 1 is 1.04 bits per heavy atom. The van der Waals surface area contributed by atoms with Crippen molar-refractivity contribution in [1.29, 1.82) is 0 Å². The highest BCUT2D eigenvalue weighted by Gasteiger charge is 2.03. The fourth-order valence-electron chi connectivity index (χ4n) is 2.20. The van der Waals surface area contributed by atoms with Crippen LogP contribution in [0.5, 0.6) is 0 Å². The summed E-state index contributed by atoms with van der Waals surface area (Å²) in [6.07, 6.45) is 3.06. The molecular formula is C19H20Cl2N2O. The average Bonchev–Trinajstić information content (AvgIpc) is 2.53. The van der Waals surface area contributed by atoms with Crippen molar-refractivity contribution in [3.05, 3.63) is 75.3 Å². The van der Waals surface area contributed by atoms with Gasteiger partial charge in [-0.15, -0.1) is 0 Å². The third-order valence-electron chi connectivity index (χ3n) is 3.39. The van der Waals surface area contributed by atoms with Gasteiger partial charge >= 0.3 is 0 Å². The topological polar surface area (TPSA) is 32.3 Å². The Hall–Kier alpha value is -1.81. The smallest absolute Gasteiger partial charge is 0.244 e. The van der Waals surface area contributed by atoms with Crippen LogP contribution in [0.3, 0.4) is 0 Å². The molecule has 0 atom stereocenters. The van der Waals surface area contributed by atoms with Crippen LogP contribution in [0.15, 0.2) is 48.5 Å². The summed E-state index contributed by atoms with van der Waals surface area (Å²) in [4.78, 5) is 14.0. The first-order chi connectivity index (χ1) is 11.5. The van der Waals surface area contributed by atoms with E-state index in [0.717, 1.165) is 12.1 Å². The van der Waals surface area contributed by atoms with E-state index in [9.17, 15) is 4.79 Å². The highest BCUT2D eigenvalue weighted by molar-refractivity contribution is 6.37. The molecule has 1 amide bonds. The molecule has 2 aromatic carbocycles. The predicted molar refractivity (Wildman–Crippen MR) is 101 cm³/mol. The molecule has 2 rings (SSSR count). The molecule has 126 valence electrons. The molecule has 5 heteroatoms. The summed E-state index contributed by atoms with van der Waals surface area (Å²) in [5.74, 6) is -0.191. The SMILES string of the molecule is CN(C)Cc1ccc(CNC(=O)/C=C/c2c(Cl)cccc2Cl)cc1. The summed E-state index contributed by atoms with van der Waals surface area (Å²) < 4.78 is 0. The van der Waals surface area contributed by atoms with Gasteiger partial charge < -0.3 is 10.2 Å². The molecule has 0 radical (unpaired) electrons. The van der Waals surface area contributed by atoms with E-state index in [1.807, 2.05) is 26.2 Å². The second-order valence-electron chi connectivity index (χ2n) is 5.74. The van der Waals surface area contributed by atoms with Crippen molar-refractivity contribution in [2.45, 2.75) is 13.1 Å². The summed E-state index contributed by atoms with van der Waals surface area (Å²) in [6.45, 7) is 1.37. The van der Waals surface area contributed by atoms with E-state index in [1.54, 1.807) is 24.3 Å². The molecule has 3 nitrogen and oxygen atoms in total. The van der Waals surface area contributed by atoms with E-state index < -0.39 is 0 Å². The molecule has 0 spiro atoms. The number of carbonyl (C=O) groups excluding carboxylic acids is 1. The lowest BCUT2D eigenvalue weighted by molar-refractivity contribution is -0.116. The molecule has 0 aliphatic carbocycles. The van der Waals surface area contributed by atoms with E-state index >= 15 is 0 Å². The van der Waals surface area contributed by atoms with Crippen LogP contribution < -0.4 is 5.32 Å². The molecule has 0 saturated heterocycles. The number of carbonyl (C=O) groups is 1. The van der Waals surface area contributed by atoms with Gasteiger partial charge in [-0.25, -0.2) is 0 Å². The number of halogens is 2. The van der Waals surface area contributed by atoms with Crippen LogP contribution in [0.1, 0.15) is 16.7 Å². The zero-order chi connectivity index (χ0) is 17.5. The van der Waals surface area contributed by atoms with Gasteiger partial charge in [-0.3, -0.25) is 4.79 Å². The van der Waals surface area contributed by atoms with Gasteiger partial charge in [-0.2, -0.15) is 0 Å². The second kappa shape index (κ2) is 8.88. The Balaban J connectivity index is 1.90. The van der Waals surface area contributed by atoms with Crippen LogP contribution in [0, 0.1) is 0 Å². The lowest BCUT2D eigenvalue weighted by atomic mass is 10.1. The molecule has 0 aliphatic rings. The fraction of sp³-hybridized carbons (Fsp3) is 0.211. The molecule has 0 unspecified atom stereocenters. The van der Waals surface area contributed by atoms with Crippen LogP contribution in [-0.2, 0) is 17.9 Å². The van der Waals surface area contributed by atoms with E-state index in [2.05, 4.69) is 22.3 Å². The number of hydrogen-bond donors (Lipinski definition) is 1. The van der Waals surface area contributed by atoms with Crippen LogP contribution in [0.25, 0.3) is 6.08 Å². The van der Waals surface area contributed by atoms with Crippen molar-refractivity contribution in [3.8, 4) is 0 Å². The Morgan fingerprint density at radius 3 is 2.21 bits per heavy atom. The van der Waals surface area contributed by atoms with Gasteiger partial charge in [0.05, 0.1) is 0 Å². The van der Waals surface area contributed by atoms with Gasteiger partial charge in [0, 0.05) is 34.8 Å². The van der Waals surface area contributed by atoms with E-state index in [-0.39, 0.29) is 5.91 Å². The minimum atomic E-state index is -0.191. The molecule has 0 aliphatic heterocycles. The van der Waals surface area contributed by atoms with E-state index in [1.165, 1.54) is 11.6 Å². The summed E-state index contributed by atoms with van der Waals surface area (Å²) in [7, 11) is 4.07. The molecule has 0 bridgehead atoms. The lowest BCUT2D eigenvalue weighted by Crippen LogP contribution is -2.20. The standard InChI is InChI=1S/C19H20Cl2N2O/c1-23(2)13-15-8-6-14(7-9-15)12-22-19(24)11-10-16-17(20)4-3-5-18(16)21/h3-11H,12-13H2,1-2H3,(H,22,24)/b11-10+.